The Morgan fingerprint density at radius 3 is 2.77 bits per heavy atom. The highest BCUT2D eigenvalue weighted by Crippen LogP contribution is 2.26. The molecule has 0 amide bonds. The molecule has 0 saturated heterocycles. The molecule has 0 aliphatic rings. The number of thioether (sulfide) groups is 1. The molecule has 0 radical (unpaired) electrons. The molecule has 0 spiro atoms. The van der Waals surface area contributed by atoms with Crippen LogP contribution in [0.5, 0.6) is 5.75 Å². The van der Waals surface area contributed by atoms with Crippen molar-refractivity contribution in [3.05, 3.63) is 53.1 Å². The minimum atomic E-state index is -0.562. The predicted molar refractivity (Wildman–Crippen MR) is 89.8 cm³/mol. The Labute approximate surface area is 137 Å². The zero-order valence-corrected chi connectivity index (χ0v) is 13.5. The first-order chi connectivity index (χ1) is 10.7. The van der Waals surface area contributed by atoms with Gasteiger partial charge in [0.05, 0.1) is 24.2 Å². The summed E-state index contributed by atoms with van der Waals surface area (Å²) >= 11 is 7.43. The van der Waals surface area contributed by atoms with Crippen LogP contribution in [0.3, 0.4) is 0 Å². The van der Waals surface area contributed by atoms with Crippen molar-refractivity contribution >= 4 is 34.4 Å². The van der Waals surface area contributed by atoms with Crippen LogP contribution in [0.4, 0.5) is 0 Å². The molecule has 114 valence electrons. The zero-order valence-electron chi connectivity index (χ0n) is 11.9. The van der Waals surface area contributed by atoms with Crippen LogP contribution in [0.25, 0.3) is 11.0 Å². The standard InChI is InChI=1S/C16H15ClN2O2S/c1-21-12-5-2-10(3-6-12)15(20)9-22-16-18-13-7-4-11(17)8-14(13)19-16/h2-8,15,20H,9H2,1H3,(H,18,19). The molecular weight excluding hydrogens is 320 g/mol. The molecule has 4 nitrogen and oxygen atoms in total. The van der Waals surface area contributed by atoms with Crippen LogP contribution in [-0.2, 0) is 0 Å². The van der Waals surface area contributed by atoms with Crippen molar-refractivity contribution in [3.8, 4) is 5.75 Å². The number of nitrogens with zero attached hydrogens (tertiary/aromatic N) is 1. The van der Waals surface area contributed by atoms with Gasteiger partial charge in [-0.25, -0.2) is 4.98 Å². The maximum atomic E-state index is 10.2. The summed E-state index contributed by atoms with van der Waals surface area (Å²) in [5, 5.41) is 11.7. The SMILES string of the molecule is COc1ccc(C(O)CSc2nc3ccc(Cl)cc3[nH]2)cc1. The monoisotopic (exact) mass is 334 g/mol. The summed E-state index contributed by atoms with van der Waals surface area (Å²) in [5.41, 5.74) is 2.62. The van der Waals surface area contributed by atoms with Crippen molar-refractivity contribution in [1.82, 2.24) is 9.97 Å². The molecular formula is C16H15ClN2O2S. The number of aliphatic hydroxyl groups excluding tert-OH is 1. The molecule has 3 aromatic rings. The van der Waals surface area contributed by atoms with Crippen LogP contribution in [0.1, 0.15) is 11.7 Å². The topological polar surface area (TPSA) is 58.1 Å². The van der Waals surface area contributed by atoms with Gasteiger partial charge in [-0.3, -0.25) is 0 Å². The van der Waals surface area contributed by atoms with E-state index in [4.69, 9.17) is 16.3 Å². The summed E-state index contributed by atoms with van der Waals surface area (Å²) in [4.78, 5) is 7.66. The molecule has 1 atom stereocenters. The van der Waals surface area contributed by atoms with Gasteiger partial charge in [0.1, 0.15) is 5.75 Å². The quantitative estimate of drug-likeness (QED) is 0.691. The van der Waals surface area contributed by atoms with Crippen molar-refractivity contribution in [2.45, 2.75) is 11.3 Å². The second-order valence-corrected chi connectivity index (χ2v) is 6.25. The third-order valence-corrected chi connectivity index (χ3v) is 4.48. The fourth-order valence-electron chi connectivity index (χ4n) is 2.11. The first kappa shape index (κ1) is 15.2. The van der Waals surface area contributed by atoms with Gasteiger partial charge < -0.3 is 14.8 Å². The van der Waals surface area contributed by atoms with E-state index in [9.17, 15) is 5.11 Å². The molecule has 2 N–H and O–H groups in total. The number of aromatic amines is 1. The number of H-pyrrole nitrogens is 1. The maximum absolute atomic E-state index is 10.2. The van der Waals surface area contributed by atoms with E-state index < -0.39 is 6.10 Å². The van der Waals surface area contributed by atoms with Gasteiger partial charge in [-0.2, -0.15) is 0 Å². The van der Waals surface area contributed by atoms with Crippen molar-refractivity contribution in [3.63, 3.8) is 0 Å². The van der Waals surface area contributed by atoms with Crippen LogP contribution < -0.4 is 4.74 Å². The van der Waals surface area contributed by atoms with Crippen molar-refractivity contribution in [2.75, 3.05) is 12.9 Å². The molecule has 0 fully saturated rings. The minimum absolute atomic E-state index is 0.514. The van der Waals surface area contributed by atoms with Crippen molar-refractivity contribution < 1.29 is 9.84 Å². The second-order valence-electron chi connectivity index (χ2n) is 4.80. The van der Waals surface area contributed by atoms with Gasteiger partial charge in [-0.1, -0.05) is 35.5 Å². The lowest BCUT2D eigenvalue weighted by atomic mass is 10.1. The summed E-state index contributed by atoms with van der Waals surface area (Å²) < 4.78 is 5.11. The lowest BCUT2D eigenvalue weighted by Crippen LogP contribution is -2.00. The molecule has 0 aliphatic carbocycles. The Morgan fingerprint density at radius 2 is 2.05 bits per heavy atom. The average molecular weight is 335 g/mol. The molecule has 1 aromatic heterocycles. The number of aromatic nitrogens is 2. The normalized spacial score (nSPS) is 12.5. The fourth-order valence-corrected chi connectivity index (χ4v) is 3.13. The van der Waals surface area contributed by atoms with E-state index in [0.29, 0.717) is 10.8 Å². The third kappa shape index (κ3) is 3.38. The van der Waals surface area contributed by atoms with Crippen LogP contribution in [-0.4, -0.2) is 27.9 Å². The first-order valence-corrected chi connectivity index (χ1v) is 8.12. The van der Waals surface area contributed by atoms with E-state index in [1.807, 2.05) is 42.5 Å². The summed E-state index contributed by atoms with van der Waals surface area (Å²) in [6.45, 7) is 0. The van der Waals surface area contributed by atoms with E-state index >= 15 is 0 Å². The number of rotatable bonds is 5. The molecule has 1 heterocycles. The van der Waals surface area contributed by atoms with Gasteiger partial charge in [-0.15, -0.1) is 0 Å². The van der Waals surface area contributed by atoms with E-state index in [1.165, 1.54) is 11.8 Å². The van der Waals surface area contributed by atoms with Crippen LogP contribution in [0, 0.1) is 0 Å². The smallest absolute Gasteiger partial charge is 0.166 e. The molecule has 3 rings (SSSR count). The number of benzene rings is 2. The summed E-state index contributed by atoms with van der Waals surface area (Å²) in [6, 6.07) is 12.9. The minimum Gasteiger partial charge on any atom is -0.497 e. The Hall–Kier alpha value is -1.69. The zero-order chi connectivity index (χ0) is 15.5. The van der Waals surface area contributed by atoms with Crippen LogP contribution in [0.2, 0.25) is 5.02 Å². The van der Waals surface area contributed by atoms with Gasteiger partial charge in [0.25, 0.3) is 0 Å². The molecule has 1 unspecified atom stereocenters. The number of methoxy groups -OCH3 is 1. The maximum Gasteiger partial charge on any atom is 0.166 e. The number of nitrogens with one attached hydrogen (secondary N) is 1. The first-order valence-electron chi connectivity index (χ1n) is 6.76. The fraction of sp³-hybridized carbons (Fsp3) is 0.188. The highest BCUT2D eigenvalue weighted by Gasteiger charge is 2.11. The molecule has 0 bridgehead atoms. The Bertz CT molecular complexity index is 773. The number of hydrogen-bond donors (Lipinski definition) is 2. The number of hydrogen-bond acceptors (Lipinski definition) is 4. The molecule has 0 aliphatic heterocycles. The number of imidazole rings is 1. The highest BCUT2D eigenvalue weighted by atomic mass is 35.5. The Kier molecular flexibility index (Phi) is 4.57. The van der Waals surface area contributed by atoms with Gasteiger partial charge in [0, 0.05) is 10.8 Å². The van der Waals surface area contributed by atoms with Gasteiger partial charge in [-0.05, 0) is 35.9 Å². The lowest BCUT2D eigenvalue weighted by Gasteiger charge is -2.10. The third-order valence-electron chi connectivity index (χ3n) is 3.30. The number of halogens is 1. The number of fused-ring (bicyclic) bond motifs is 1. The van der Waals surface area contributed by atoms with Gasteiger partial charge >= 0.3 is 0 Å². The molecule has 0 saturated carbocycles. The van der Waals surface area contributed by atoms with E-state index in [1.54, 1.807) is 7.11 Å². The Morgan fingerprint density at radius 1 is 1.27 bits per heavy atom. The Balaban J connectivity index is 1.67. The van der Waals surface area contributed by atoms with Gasteiger partial charge in [0.15, 0.2) is 5.16 Å². The number of ether oxygens (including phenoxy) is 1. The summed E-state index contributed by atoms with van der Waals surface area (Å²) in [5.74, 6) is 1.29. The van der Waals surface area contributed by atoms with E-state index in [0.717, 1.165) is 27.5 Å². The lowest BCUT2D eigenvalue weighted by molar-refractivity contribution is 0.204. The largest absolute Gasteiger partial charge is 0.497 e. The molecule has 6 heteroatoms. The summed E-state index contributed by atoms with van der Waals surface area (Å²) in [7, 11) is 1.62. The highest BCUT2D eigenvalue weighted by molar-refractivity contribution is 7.99. The van der Waals surface area contributed by atoms with Gasteiger partial charge in [0.2, 0.25) is 0 Å². The van der Waals surface area contributed by atoms with Crippen molar-refractivity contribution in [2.24, 2.45) is 0 Å². The van der Waals surface area contributed by atoms with E-state index in [-0.39, 0.29) is 0 Å². The van der Waals surface area contributed by atoms with Crippen LogP contribution in [0.15, 0.2) is 47.6 Å². The molecule has 2 aromatic carbocycles. The average Bonchev–Trinajstić information content (AvgIpc) is 2.94. The number of aliphatic hydroxyl groups is 1. The van der Waals surface area contributed by atoms with E-state index in [2.05, 4.69) is 9.97 Å². The summed E-state index contributed by atoms with van der Waals surface area (Å²) in [6.07, 6.45) is -0.562. The van der Waals surface area contributed by atoms with Crippen molar-refractivity contribution in [1.29, 1.82) is 0 Å². The van der Waals surface area contributed by atoms with Crippen LogP contribution >= 0.6 is 23.4 Å². The molecule has 22 heavy (non-hydrogen) atoms. The predicted octanol–water partition coefficient (Wildman–Crippen LogP) is 4.05. The second kappa shape index (κ2) is 6.60.